The van der Waals surface area contributed by atoms with Crippen molar-refractivity contribution < 1.29 is 31.9 Å². The van der Waals surface area contributed by atoms with E-state index in [0.717, 1.165) is 24.5 Å². The average molecular weight is 424 g/mol. The van der Waals surface area contributed by atoms with Crippen molar-refractivity contribution in [2.45, 2.75) is 19.0 Å². The number of hydrogen-bond donors (Lipinski definition) is 2. The number of aryl methyl sites for hydroxylation is 1. The Morgan fingerprint density at radius 2 is 1.70 bits per heavy atom. The molecule has 0 aliphatic rings. The first-order chi connectivity index (χ1) is 14.0. The number of nitrogens with zero attached hydrogens (tertiary/aromatic N) is 3. The van der Waals surface area contributed by atoms with Crippen LogP contribution in [-0.4, -0.2) is 26.0 Å². The Kier molecular flexibility index (Phi) is 5.38. The normalized spacial score (nSPS) is 11.9. The van der Waals surface area contributed by atoms with Crippen molar-refractivity contribution in [2.75, 3.05) is 5.32 Å². The standard InChI is InChI=1S/C19H13F5N4O2/c1-10-6-12(11-2-3-14(26-9-11)18(20,21)16(29)30)8-13(7-10)27-17-25-5-4-15(28-17)19(22,23)24/h2-9H,1H3,(H,29,30)(H,25,27,28). The second-order valence-corrected chi connectivity index (χ2v) is 6.29. The number of rotatable bonds is 5. The van der Waals surface area contributed by atoms with Gasteiger partial charge in [-0.2, -0.15) is 22.0 Å². The third kappa shape index (κ3) is 4.50. The summed E-state index contributed by atoms with van der Waals surface area (Å²) in [6, 6.07) is 7.79. The molecule has 3 aromatic rings. The van der Waals surface area contributed by atoms with Crippen LogP contribution in [0.15, 0.2) is 48.8 Å². The van der Waals surface area contributed by atoms with Crippen LogP contribution in [0, 0.1) is 6.92 Å². The summed E-state index contributed by atoms with van der Waals surface area (Å²) >= 11 is 0. The molecule has 6 nitrogen and oxygen atoms in total. The minimum Gasteiger partial charge on any atom is -0.476 e. The monoisotopic (exact) mass is 424 g/mol. The quantitative estimate of drug-likeness (QED) is 0.573. The zero-order valence-electron chi connectivity index (χ0n) is 15.2. The maximum atomic E-state index is 13.5. The number of carboxylic acids is 1. The third-order valence-corrected chi connectivity index (χ3v) is 3.97. The van der Waals surface area contributed by atoms with Gasteiger partial charge in [-0.3, -0.25) is 4.98 Å². The summed E-state index contributed by atoms with van der Waals surface area (Å²) in [6.45, 7) is 1.72. The highest BCUT2D eigenvalue weighted by atomic mass is 19.4. The molecule has 156 valence electrons. The highest BCUT2D eigenvalue weighted by Crippen LogP contribution is 2.31. The van der Waals surface area contributed by atoms with E-state index in [1.54, 1.807) is 25.1 Å². The molecular formula is C19H13F5N4O2. The molecule has 0 radical (unpaired) electrons. The molecular weight excluding hydrogens is 411 g/mol. The Morgan fingerprint density at radius 3 is 2.30 bits per heavy atom. The zero-order valence-corrected chi connectivity index (χ0v) is 15.2. The Labute approximate surface area is 166 Å². The molecule has 0 unspecified atom stereocenters. The molecule has 2 N–H and O–H groups in total. The third-order valence-electron chi connectivity index (χ3n) is 3.97. The summed E-state index contributed by atoms with van der Waals surface area (Å²) in [5.74, 6) is -6.71. The minimum absolute atomic E-state index is 0.268. The first-order valence-electron chi connectivity index (χ1n) is 8.34. The van der Waals surface area contributed by atoms with Crippen molar-refractivity contribution in [3.63, 3.8) is 0 Å². The number of aromatic nitrogens is 3. The van der Waals surface area contributed by atoms with Crippen LogP contribution in [0.25, 0.3) is 11.1 Å². The zero-order chi connectivity index (χ0) is 22.1. The molecule has 0 aliphatic heterocycles. The molecule has 0 spiro atoms. The number of pyridine rings is 1. The van der Waals surface area contributed by atoms with Crippen molar-refractivity contribution in [3.05, 3.63) is 65.7 Å². The SMILES string of the molecule is Cc1cc(Nc2nccc(C(F)(F)F)n2)cc(-c2ccc(C(F)(F)C(=O)O)nc2)c1. The van der Waals surface area contributed by atoms with E-state index < -0.39 is 29.5 Å². The van der Waals surface area contributed by atoms with Gasteiger partial charge in [-0.15, -0.1) is 0 Å². The molecule has 1 aromatic carbocycles. The maximum Gasteiger partial charge on any atom is 0.433 e. The van der Waals surface area contributed by atoms with Gasteiger partial charge in [0.15, 0.2) is 0 Å². The summed E-state index contributed by atoms with van der Waals surface area (Å²) in [5.41, 5.74) is -0.0286. The number of halogens is 5. The number of nitrogens with one attached hydrogen (secondary N) is 1. The van der Waals surface area contributed by atoms with Crippen LogP contribution < -0.4 is 5.32 Å². The fraction of sp³-hybridized carbons (Fsp3) is 0.158. The van der Waals surface area contributed by atoms with Gasteiger partial charge in [0, 0.05) is 23.6 Å². The summed E-state index contributed by atoms with van der Waals surface area (Å²) in [4.78, 5) is 21.4. The van der Waals surface area contributed by atoms with Gasteiger partial charge in [0.05, 0.1) is 0 Å². The predicted octanol–water partition coefficient (Wildman–Crippen LogP) is 4.79. The maximum absolute atomic E-state index is 13.5. The Hall–Kier alpha value is -3.63. The molecule has 0 fully saturated rings. The number of carboxylic acid groups (broad SMARTS) is 1. The van der Waals surface area contributed by atoms with Crippen molar-refractivity contribution in [1.82, 2.24) is 15.0 Å². The summed E-state index contributed by atoms with van der Waals surface area (Å²) in [6.07, 6.45) is -2.56. The van der Waals surface area contributed by atoms with Crippen LogP contribution >= 0.6 is 0 Å². The van der Waals surface area contributed by atoms with E-state index in [4.69, 9.17) is 5.11 Å². The molecule has 11 heteroatoms. The fourth-order valence-electron chi connectivity index (χ4n) is 2.59. The predicted molar refractivity (Wildman–Crippen MR) is 96.3 cm³/mol. The molecule has 2 aromatic heterocycles. The highest BCUT2D eigenvalue weighted by molar-refractivity contribution is 5.77. The van der Waals surface area contributed by atoms with Crippen LogP contribution in [0.2, 0.25) is 0 Å². The Balaban J connectivity index is 1.90. The van der Waals surface area contributed by atoms with E-state index in [-0.39, 0.29) is 5.95 Å². The van der Waals surface area contributed by atoms with E-state index >= 15 is 0 Å². The van der Waals surface area contributed by atoms with Gasteiger partial charge < -0.3 is 10.4 Å². The number of hydrogen-bond acceptors (Lipinski definition) is 5. The van der Waals surface area contributed by atoms with Gasteiger partial charge in [0.2, 0.25) is 5.95 Å². The molecule has 0 bridgehead atoms. The molecule has 0 saturated heterocycles. The molecule has 0 aliphatic carbocycles. The van der Waals surface area contributed by atoms with Gasteiger partial charge >= 0.3 is 18.1 Å². The topological polar surface area (TPSA) is 88.0 Å². The van der Waals surface area contributed by atoms with Gasteiger partial charge in [-0.1, -0.05) is 12.1 Å². The lowest BCUT2D eigenvalue weighted by Crippen LogP contribution is -2.26. The largest absolute Gasteiger partial charge is 0.476 e. The van der Waals surface area contributed by atoms with Gasteiger partial charge in [-0.25, -0.2) is 14.8 Å². The first kappa shape index (κ1) is 21.1. The summed E-state index contributed by atoms with van der Waals surface area (Å²) in [5, 5.41) is 11.3. The second-order valence-electron chi connectivity index (χ2n) is 6.29. The van der Waals surface area contributed by atoms with Gasteiger partial charge in [0.1, 0.15) is 11.4 Å². The molecule has 0 saturated carbocycles. The van der Waals surface area contributed by atoms with Crippen molar-refractivity contribution in [1.29, 1.82) is 0 Å². The highest BCUT2D eigenvalue weighted by Gasteiger charge is 2.42. The van der Waals surface area contributed by atoms with Crippen molar-refractivity contribution in [3.8, 4) is 11.1 Å². The molecule has 3 rings (SSSR count). The van der Waals surface area contributed by atoms with Crippen molar-refractivity contribution in [2.24, 2.45) is 0 Å². The summed E-state index contributed by atoms with van der Waals surface area (Å²) < 4.78 is 65.5. The lowest BCUT2D eigenvalue weighted by atomic mass is 10.0. The van der Waals surface area contributed by atoms with Gasteiger partial charge in [-0.05, 0) is 42.3 Å². The number of anilines is 2. The number of benzene rings is 1. The van der Waals surface area contributed by atoms with E-state index in [0.29, 0.717) is 22.4 Å². The Bertz CT molecular complexity index is 1090. The molecule has 0 atom stereocenters. The van der Waals surface area contributed by atoms with Crippen molar-refractivity contribution >= 4 is 17.6 Å². The average Bonchev–Trinajstić information content (AvgIpc) is 2.67. The number of alkyl halides is 5. The minimum atomic E-state index is -4.62. The van der Waals surface area contributed by atoms with Gasteiger partial charge in [0.25, 0.3) is 0 Å². The molecule has 0 amide bonds. The van der Waals surface area contributed by atoms with E-state index in [1.807, 2.05) is 0 Å². The van der Waals surface area contributed by atoms with Crippen LogP contribution in [0.4, 0.5) is 33.6 Å². The lowest BCUT2D eigenvalue weighted by Gasteiger charge is -2.12. The van der Waals surface area contributed by atoms with E-state index in [1.165, 1.54) is 6.07 Å². The lowest BCUT2D eigenvalue weighted by molar-refractivity contribution is -0.166. The van der Waals surface area contributed by atoms with Crippen LogP contribution in [0.5, 0.6) is 0 Å². The van der Waals surface area contributed by atoms with Crippen LogP contribution in [0.3, 0.4) is 0 Å². The molecule has 30 heavy (non-hydrogen) atoms. The van der Waals surface area contributed by atoms with Crippen LogP contribution in [0.1, 0.15) is 17.0 Å². The fourth-order valence-corrected chi connectivity index (χ4v) is 2.59. The van der Waals surface area contributed by atoms with E-state index in [9.17, 15) is 26.7 Å². The van der Waals surface area contributed by atoms with E-state index in [2.05, 4.69) is 20.3 Å². The first-order valence-corrected chi connectivity index (χ1v) is 8.34. The second kappa shape index (κ2) is 7.65. The molecule has 2 heterocycles. The van der Waals surface area contributed by atoms with Crippen LogP contribution in [-0.2, 0) is 16.9 Å². The summed E-state index contributed by atoms with van der Waals surface area (Å²) in [7, 11) is 0. The number of carbonyl (C=O) groups is 1. The Morgan fingerprint density at radius 1 is 0.967 bits per heavy atom. The smallest absolute Gasteiger partial charge is 0.433 e. The number of aliphatic carboxylic acids is 1.